The standard InChI is InChI=1S/C29H40N4O/c1-2-3-16-30-28(19-25-20-32-27-14-8-7-13-26(25)27)29(34)31-17-15-24-12-9-18-33(22-24)21-23-10-5-4-6-11-23/h4-8,10-11,13-14,20,24,28,30,32H,2-3,9,12,15-19,21-22H2,1H3,(H,31,34)/t24?,28-/m0/s1. The first-order valence-corrected chi connectivity index (χ1v) is 13.0. The largest absolute Gasteiger partial charge is 0.361 e. The third kappa shape index (κ3) is 6.94. The lowest BCUT2D eigenvalue weighted by atomic mass is 9.94. The van der Waals surface area contributed by atoms with Crippen LogP contribution in [-0.2, 0) is 17.8 Å². The van der Waals surface area contributed by atoms with Gasteiger partial charge < -0.3 is 15.6 Å². The van der Waals surface area contributed by atoms with Crippen LogP contribution in [0.1, 0.15) is 50.2 Å². The predicted octanol–water partition coefficient (Wildman–Crippen LogP) is 4.89. The number of aromatic amines is 1. The first-order chi connectivity index (χ1) is 16.7. The van der Waals surface area contributed by atoms with Gasteiger partial charge >= 0.3 is 0 Å². The molecule has 5 nitrogen and oxygen atoms in total. The van der Waals surface area contributed by atoms with Crippen molar-refractivity contribution in [2.24, 2.45) is 5.92 Å². The summed E-state index contributed by atoms with van der Waals surface area (Å²) in [5, 5.41) is 7.97. The lowest BCUT2D eigenvalue weighted by Gasteiger charge is -2.33. The molecule has 34 heavy (non-hydrogen) atoms. The molecule has 2 heterocycles. The number of hydrogen-bond acceptors (Lipinski definition) is 3. The smallest absolute Gasteiger partial charge is 0.237 e. The zero-order valence-corrected chi connectivity index (χ0v) is 20.6. The van der Waals surface area contributed by atoms with Gasteiger partial charge in [0.2, 0.25) is 5.91 Å². The molecule has 1 aromatic heterocycles. The molecule has 0 saturated carbocycles. The third-order valence-electron chi connectivity index (χ3n) is 7.04. The number of rotatable bonds is 12. The highest BCUT2D eigenvalue weighted by atomic mass is 16.2. The second-order valence-electron chi connectivity index (χ2n) is 9.73. The van der Waals surface area contributed by atoms with E-state index in [4.69, 9.17) is 0 Å². The SMILES string of the molecule is CCCCN[C@@H](Cc1c[nH]c2ccccc12)C(=O)NCCC1CCCN(Cc2ccccc2)C1. The zero-order valence-electron chi connectivity index (χ0n) is 20.6. The van der Waals surface area contributed by atoms with Gasteiger partial charge in [0.05, 0.1) is 6.04 Å². The number of likely N-dealkylation sites (tertiary alicyclic amines) is 1. The number of fused-ring (bicyclic) bond motifs is 1. The van der Waals surface area contributed by atoms with Crippen molar-refractivity contribution >= 4 is 16.8 Å². The molecule has 1 saturated heterocycles. The van der Waals surface area contributed by atoms with E-state index >= 15 is 0 Å². The van der Waals surface area contributed by atoms with E-state index in [0.717, 1.165) is 51.0 Å². The molecule has 4 rings (SSSR count). The molecule has 3 N–H and O–H groups in total. The maximum absolute atomic E-state index is 13.2. The Hall–Kier alpha value is -2.63. The van der Waals surface area contributed by atoms with Crippen LogP contribution in [0.3, 0.4) is 0 Å². The first kappa shape index (κ1) is 24.5. The number of piperidine rings is 1. The Balaban J connectivity index is 1.28. The number of carbonyl (C=O) groups excluding carboxylic acids is 1. The van der Waals surface area contributed by atoms with Crippen LogP contribution in [0.15, 0.2) is 60.8 Å². The van der Waals surface area contributed by atoms with E-state index in [9.17, 15) is 4.79 Å². The number of carbonyl (C=O) groups is 1. The molecule has 3 aromatic rings. The minimum absolute atomic E-state index is 0.123. The Bertz CT molecular complexity index is 1020. The number of H-pyrrole nitrogens is 1. The van der Waals surface area contributed by atoms with Crippen LogP contribution in [0.25, 0.3) is 10.9 Å². The summed E-state index contributed by atoms with van der Waals surface area (Å²) >= 11 is 0. The molecule has 1 fully saturated rings. The van der Waals surface area contributed by atoms with Crippen molar-refractivity contribution in [1.82, 2.24) is 20.5 Å². The van der Waals surface area contributed by atoms with Crippen molar-refractivity contribution in [3.63, 3.8) is 0 Å². The van der Waals surface area contributed by atoms with Gasteiger partial charge in [0.15, 0.2) is 0 Å². The summed E-state index contributed by atoms with van der Waals surface area (Å²) in [5.41, 5.74) is 3.71. The van der Waals surface area contributed by atoms with Gasteiger partial charge in [0.1, 0.15) is 0 Å². The van der Waals surface area contributed by atoms with Crippen LogP contribution in [0.4, 0.5) is 0 Å². The van der Waals surface area contributed by atoms with Gasteiger partial charge in [-0.05, 0) is 68.3 Å². The molecule has 0 aliphatic carbocycles. The summed E-state index contributed by atoms with van der Waals surface area (Å²) in [6.45, 7) is 7.13. The maximum Gasteiger partial charge on any atom is 0.237 e. The highest BCUT2D eigenvalue weighted by molar-refractivity contribution is 5.86. The predicted molar refractivity (Wildman–Crippen MR) is 141 cm³/mol. The molecule has 1 unspecified atom stereocenters. The number of benzene rings is 2. The number of unbranched alkanes of at least 4 members (excludes halogenated alkanes) is 1. The summed E-state index contributed by atoms with van der Waals surface area (Å²) < 4.78 is 0. The van der Waals surface area contributed by atoms with Crippen molar-refractivity contribution in [3.8, 4) is 0 Å². The van der Waals surface area contributed by atoms with Crippen molar-refractivity contribution in [1.29, 1.82) is 0 Å². The molecule has 182 valence electrons. The van der Waals surface area contributed by atoms with Gasteiger partial charge in [-0.1, -0.05) is 61.9 Å². The van der Waals surface area contributed by atoms with Gasteiger partial charge in [0.25, 0.3) is 0 Å². The average Bonchev–Trinajstić information content (AvgIpc) is 3.27. The zero-order chi connectivity index (χ0) is 23.6. The van der Waals surface area contributed by atoms with Crippen LogP contribution in [0.2, 0.25) is 0 Å². The number of nitrogens with one attached hydrogen (secondary N) is 3. The fraction of sp³-hybridized carbons (Fsp3) is 0.483. The van der Waals surface area contributed by atoms with E-state index in [1.165, 1.54) is 35.9 Å². The topological polar surface area (TPSA) is 60.2 Å². The monoisotopic (exact) mass is 460 g/mol. The molecule has 0 bridgehead atoms. The molecule has 0 radical (unpaired) electrons. The van der Waals surface area contributed by atoms with Crippen LogP contribution < -0.4 is 10.6 Å². The highest BCUT2D eigenvalue weighted by Crippen LogP contribution is 2.21. The number of hydrogen-bond donors (Lipinski definition) is 3. The van der Waals surface area contributed by atoms with Crippen LogP contribution in [0, 0.1) is 5.92 Å². The lowest BCUT2D eigenvalue weighted by Crippen LogP contribution is -2.46. The van der Waals surface area contributed by atoms with E-state index in [2.05, 4.69) is 82.2 Å². The van der Waals surface area contributed by atoms with Crippen LogP contribution in [-0.4, -0.2) is 48.0 Å². The average molecular weight is 461 g/mol. The Labute approximate surface area is 204 Å². The van der Waals surface area contributed by atoms with E-state index in [1.54, 1.807) is 0 Å². The summed E-state index contributed by atoms with van der Waals surface area (Å²) in [6.07, 6.45) is 8.50. The van der Waals surface area contributed by atoms with Crippen molar-refractivity contribution in [2.75, 3.05) is 26.2 Å². The molecule has 1 amide bonds. The molecule has 5 heteroatoms. The summed E-state index contributed by atoms with van der Waals surface area (Å²) in [7, 11) is 0. The molecular weight excluding hydrogens is 420 g/mol. The summed E-state index contributed by atoms with van der Waals surface area (Å²) in [6, 6.07) is 18.9. The van der Waals surface area contributed by atoms with Crippen molar-refractivity contribution in [3.05, 3.63) is 71.9 Å². The highest BCUT2D eigenvalue weighted by Gasteiger charge is 2.22. The molecule has 0 spiro atoms. The van der Waals surface area contributed by atoms with Gasteiger partial charge in [-0.15, -0.1) is 0 Å². The van der Waals surface area contributed by atoms with Crippen LogP contribution in [0.5, 0.6) is 0 Å². The number of aromatic nitrogens is 1. The van der Waals surface area contributed by atoms with Gasteiger partial charge in [-0.25, -0.2) is 0 Å². The molecular formula is C29H40N4O. The molecule has 1 aliphatic heterocycles. The van der Waals surface area contributed by atoms with Gasteiger partial charge in [0, 0.05) is 36.7 Å². The molecule has 2 aromatic carbocycles. The van der Waals surface area contributed by atoms with E-state index in [1.807, 2.05) is 6.07 Å². The third-order valence-corrected chi connectivity index (χ3v) is 7.04. The minimum atomic E-state index is -0.202. The number of amides is 1. The Kier molecular flexibility index (Phi) is 9.17. The second kappa shape index (κ2) is 12.7. The van der Waals surface area contributed by atoms with E-state index < -0.39 is 0 Å². The fourth-order valence-corrected chi connectivity index (χ4v) is 5.13. The van der Waals surface area contributed by atoms with Gasteiger partial charge in [-0.2, -0.15) is 0 Å². The summed E-state index contributed by atoms with van der Waals surface area (Å²) in [5.74, 6) is 0.774. The first-order valence-electron chi connectivity index (χ1n) is 13.0. The second-order valence-corrected chi connectivity index (χ2v) is 9.73. The lowest BCUT2D eigenvalue weighted by molar-refractivity contribution is -0.123. The summed E-state index contributed by atoms with van der Waals surface area (Å²) in [4.78, 5) is 19.1. The molecule has 2 atom stereocenters. The normalized spacial score (nSPS) is 17.6. The van der Waals surface area contributed by atoms with Crippen LogP contribution >= 0.6 is 0 Å². The van der Waals surface area contributed by atoms with E-state index in [-0.39, 0.29) is 11.9 Å². The van der Waals surface area contributed by atoms with Crippen molar-refractivity contribution in [2.45, 2.75) is 58.0 Å². The molecule has 1 aliphatic rings. The Morgan fingerprint density at radius 1 is 1.12 bits per heavy atom. The quantitative estimate of drug-likeness (QED) is 0.337. The minimum Gasteiger partial charge on any atom is -0.361 e. The number of para-hydroxylation sites is 1. The van der Waals surface area contributed by atoms with E-state index in [0.29, 0.717) is 12.3 Å². The maximum atomic E-state index is 13.2. The Morgan fingerprint density at radius 2 is 1.94 bits per heavy atom. The number of nitrogens with zero attached hydrogens (tertiary/aromatic N) is 1. The fourth-order valence-electron chi connectivity index (χ4n) is 5.13. The Morgan fingerprint density at radius 3 is 2.79 bits per heavy atom. The van der Waals surface area contributed by atoms with Gasteiger partial charge in [-0.3, -0.25) is 9.69 Å². The van der Waals surface area contributed by atoms with Crippen molar-refractivity contribution < 1.29 is 4.79 Å².